The Kier molecular flexibility index (Phi) is 3.29. The summed E-state index contributed by atoms with van der Waals surface area (Å²) in [5, 5.41) is 0. The van der Waals surface area contributed by atoms with E-state index in [2.05, 4.69) is 0 Å². The van der Waals surface area contributed by atoms with Gasteiger partial charge in [-0.25, -0.2) is 0 Å². The fraction of sp³-hybridized carbons (Fsp3) is 0.765. The Bertz CT molecular complexity index is 525. The molecule has 120 valence electrons. The van der Waals surface area contributed by atoms with Gasteiger partial charge in [0.1, 0.15) is 11.5 Å². The van der Waals surface area contributed by atoms with Crippen molar-refractivity contribution in [1.29, 1.82) is 0 Å². The van der Waals surface area contributed by atoms with Gasteiger partial charge in [-0.3, -0.25) is 9.59 Å². The molecule has 5 nitrogen and oxygen atoms in total. The minimum Gasteiger partial charge on any atom is -0.465 e. The normalized spacial score (nSPS) is 39.8. The van der Waals surface area contributed by atoms with Crippen molar-refractivity contribution in [2.75, 3.05) is 13.2 Å². The molecule has 1 aliphatic carbocycles. The van der Waals surface area contributed by atoms with E-state index < -0.39 is 11.5 Å². The highest BCUT2D eigenvalue weighted by Gasteiger charge is 2.67. The van der Waals surface area contributed by atoms with Crippen LogP contribution in [0.3, 0.4) is 0 Å². The van der Waals surface area contributed by atoms with E-state index in [1.807, 2.05) is 24.0 Å². The number of hydrogen-bond donors (Lipinski definition) is 0. The van der Waals surface area contributed by atoms with Gasteiger partial charge in [-0.2, -0.15) is 0 Å². The van der Waals surface area contributed by atoms with Crippen LogP contribution in [0.1, 0.15) is 39.0 Å². The zero-order chi connectivity index (χ0) is 15.3. The van der Waals surface area contributed by atoms with E-state index in [0.29, 0.717) is 19.2 Å². The van der Waals surface area contributed by atoms with Gasteiger partial charge in [-0.1, -0.05) is 31.9 Å². The molecule has 3 heterocycles. The lowest BCUT2D eigenvalue weighted by molar-refractivity contribution is -0.154. The number of amides is 1. The highest BCUT2D eigenvalue weighted by Crippen LogP contribution is 2.53. The van der Waals surface area contributed by atoms with Crippen LogP contribution in [0.15, 0.2) is 12.2 Å². The Labute approximate surface area is 130 Å². The number of carbonyl (C=O) groups excluding carboxylic acids is 2. The molecule has 0 aromatic heterocycles. The molecule has 5 heteroatoms. The first-order chi connectivity index (χ1) is 10.7. The molecule has 3 fully saturated rings. The van der Waals surface area contributed by atoms with Crippen LogP contribution in [-0.2, 0) is 19.1 Å². The van der Waals surface area contributed by atoms with Gasteiger partial charge < -0.3 is 14.4 Å². The molecule has 0 N–H and O–H groups in total. The molecule has 2 saturated heterocycles. The molecule has 2 bridgehead atoms. The van der Waals surface area contributed by atoms with Crippen LogP contribution in [0, 0.1) is 11.8 Å². The molecular formula is C17H23NO4. The summed E-state index contributed by atoms with van der Waals surface area (Å²) in [6.07, 6.45) is 8.99. The van der Waals surface area contributed by atoms with Crippen LogP contribution in [0.4, 0.5) is 0 Å². The summed E-state index contributed by atoms with van der Waals surface area (Å²) in [6.45, 7) is 2.98. The Morgan fingerprint density at radius 3 is 2.95 bits per heavy atom. The van der Waals surface area contributed by atoms with Crippen molar-refractivity contribution in [1.82, 2.24) is 4.90 Å². The van der Waals surface area contributed by atoms with Gasteiger partial charge in [0.2, 0.25) is 5.91 Å². The van der Waals surface area contributed by atoms with Crippen LogP contribution in [0.2, 0.25) is 0 Å². The molecular weight excluding hydrogens is 282 g/mol. The lowest BCUT2D eigenvalue weighted by Gasteiger charge is -2.26. The molecule has 1 spiro atoms. The van der Waals surface area contributed by atoms with Crippen LogP contribution in [0.5, 0.6) is 0 Å². The van der Waals surface area contributed by atoms with Gasteiger partial charge >= 0.3 is 5.97 Å². The van der Waals surface area contributed by atoms with Crippen molar-refractivity contribution in [3.05, 3.63) is 12.2 Å². The topological polar surface area (TPSA) is 55.8 Å². The fourth-order valence-corrected chi connectivity index (χ4v) is 4.62. The fourth-order valence-electron chi connectivity index (χ4n) is 4.62. The number of esters is 1. The number of nitrogens with zero attached hydrogens (tertiary/aromatic N) is 1. The highest BCUT2D eigenvalue weighted by molar-refractivity contribution is 5.91. The number of rotatable bonds is 4. The van der Waals surface area contributed by atoms with Crippen LogP contribution >= 0.6 is 0 Å². The van der Waals surface area contributed by atoms with E-state index in [1.165, 1.54) is 12.8 Å². The highest BCUT2D eigenvalue weighted by atomic mass is 16.6. The summed E-state index contributed by atoms with van der Waals surface area (Å²) in [6, 6.07) is 0.329. The minimum atomic E-state index is -0.583. The van der Waals surface area contributed by atoms with Crippen molar-refractivity contribution in [2.24, 2.45) is 11.8 Å². The standard InChI is InChI=1S/C17H23NO4/c1-2-9-21-16(20)13-12-7-8-17(22-12)10-18(15(19)14(13)17)11-5-3-4-6-11/h7-8,11-14H,2-6,9-10H2,1H3/t12-,13+,14-,17-/m0/s1. The molecule has 1 amide bonds. The number of ether oxygens (including phenoxy) is 2. The van der Waals surface area contributed by atoms with Gasteiger partial charge in [-0.05, 0) is 19.3 Å². The molecule has 4 aliphatic rings. The van der Waals surface area contributed by atoms with Gasteiger partial charge in [0.05, 0.1) is 25.2 Å². The van der Waals surface area contributed by atoms with Crippen molar-refractivity contribution in [2.45, 2.75) is 56.8 Å². The Morgan fingerprint density at radius 2 is 2.23 bits per heavy atom. The molecule has 0 aromatic rings. The first kappa shape index (κ1) is 14.2. The average Bonchev–Trinajstić information content (AvgIpc) is 3.25. The quantitative estimate of drug-likeness (QED) is 0.585. The molecule has 4 rings (SSSR count). The van der Waals surface area contributed by atoms with Crippen molar-refractivity contribution >= 4 is 11.9 Å². The third-order valence-corrected chi connectivity index (χ3v) is 5.62. The number of fused-ring (bicyclic) bond motifs is 1. The third-order valence-electron chi connectivity index (χ3n) is 5.62. The molecule has 3 aliphatic heterocycles. The first-order valence-electron chi connectivity index (χ1n) is 8.50. The minimum absolute atomic E-state index is 0.0946. The zero-order valence-corrected chi connectivity index (χ0v) is 13.0. The van der Waals surface area contributed by atoms with Gasteiger partial charge in [0, 0.05) is 6.04 Å². The second kappa shape index (κ2) is 5.08. The second-order valence-electron chi connectivity index (χ2n) is 6.97. The lowest BCUT2D eigenvalue weighted by Crippen LogP contribution is -2.41. The number of likely N-dealkylation sites (tertiary alicyclic amines) is 1. The average molecular weight is 305 g/mol. The molecule has 0 unspecified atom stereocenters. The molecule has 1 saturated carbocycles. The van der Waals surface area contributed by atoms with Crippen molar-refractivity contribution in [3.63, 3.8) is 0 Å². The maximum Gasteiger partial charge on any atom is 0.312 e. The maximum atomic E-state index is 13.0. The zero-order valence-electron chi connectivity index (χ0n) is 13.0. The van der Waals surface area contributed by atoms with Gasteiger partial charge in [0.15, 0.2) is 0 Å². The van der Waals surface area contributed by atoms with E-state index in [4.69, 9.17) is 9.47 Å². The molecule has 0 aromatic carbocycles. The number of carbonyl (C=O) groups is 2. The van der Waals surface area contributed by atoms with Crippen molar-refractivity contribution < 1.29 is 19.1 Å². The Hall–Kier alpha value is -1.36. The smallest absolute Gasteiger partial charge is 0.312 e. The third kappa shape index (κ3) is 1.87. The largest absolute Gasteiger partial charge is 0.465 e. The van der Waals surface area contributed by atoms with E-state index in [-0.39, 0.29) is 23.9 Å². The monoisotopic (exact) mass is 305 g/mol. The SMILES string of the molecule is CCCOC(=O)[C@@H]1[C@@H]2C=C[C@@]3(CN(C4CCCC4)C(=O)[C@H]13)O2. The first-order valence-corrected chi connectivity index (χ1v) is 8.50. The Morgan fingerprint density at radius 1 is 1.45 bits per heavy atom. The predicted molar refractivity (Wildman–Crippen MR) is 78.9 cm³/mol. The number of hydrogen-bond acceptors (Lipinski definition) is 4. The summed E-state index contributed by atoms with van der Waals surface area (Å²) in [7, 11) is 0. The summed E-state index contributed by atoms with van der Waals surface area (Å²) in [4.78, 5) is 27.3. The maximum absolute atomic E-state index is 13.0. The summed E-state index contributed by atoms with van der Waals surface area (Å²) < 4.78 is 11.4. The second-order valence-corrected chi connectivity index (χ2v) is 6.97. The summed E-state index contributed by atoms with van der Waals surface area (Å²) in [5.74, 6) is -1.02. The van der Waals surface area contributed by atoms with E-state index in [0.717, 1.165) is 19.3 Å². The van der Waals surface area contributed by atoms with Gasteiger partial charge in [0.25, 0.3) is 0 Å². The van der Waals surface area contributed by atoms with Crippen LogP contribution < -0.4 is 0 Å². The lowest BCUT2D eigenvalue weighted by atomic mass is 9.77. The van der Waals surface area contributed by atoms with E-state index in [9.17, 15) is 9.59 Å². The molecule has 0 radical (unpaired) electrons. The van der Waals surface area contributed by atoms with Crippen LogP contribution in [-0.4, -0.2) is 47.7 Å². The Balaban J connectivity index is 1.58. The van der Waals surface area contributed by atoms with E-state index >= 15 is 0 Å². The molecule has 22 heavy (non-hydrogen) atoms. The summed E-state index contributed by atoms with van der Waals surface area (Å²) in [5.41, 5.74) is -0.583. The van der Waals surface area contributed by atoms with Crippen molar-refractivity contribution in [3.8, 4) is 0 Å². The van der Waals surface area contributed by atoms with Crippen LogP contribution in [0.25, 0.3) is 0 Å². The molecule has 4 atom stereocenters. The van der Waals surface area contributed by atoms with E-state index in [1.54, 1.807) is 0 Å². The summed E-state index contributed by atoms with van der Waals surface area (Å²) >= 11 is 0. The van der Waals surface area contributed by atoms with Gasteiger partial charge in [-0.15, -0.1) is 0 Å². The predicted octanol–water partition coefficient (Wildman–Crippen LogP) is 1.66.